The van der Waals surface area contributed by atoms with Crippen LogP contribution >= 0.6 is 0 Å². The summed E-state index contributed by atoms with van der Waals surface area (Å²) in [7, 11) is 0. The summed E-state index contributed by atoms with van der Waals surface area (Å²) >= 11 is 0. The van der Waals surface area contributed by atoms with E-state index in [0.717, 1.165) is 51.4 Å². The lowest BCUT2D eigenvalue weighted by Gasteiger charge is -2.38. The van der Waals surface area contributed by atoms with Crippen molar-refractivity contribution in [1.29, 1.82) is 0 Å². The standard InChI is InChI=1S/C37H72O4/c1-7-11-26-33(9-3)30-37(36(40)41-32(5)6,31-34(10-4)27-12-8-2)29-25-23-21-19-17-15-13-14-16-18-20-22-24-28-35(38)39/h32-34H,7-31H2,1-6H3,(H,38,39). The highest BCUT2D eigenvalue weighted by Gasteiger charge is 2.42. The summed E-state index contributed by atoms with van der Waals surface area (Å²) in [4.78, 5) is 24.4. The van der Waals surface area contributed by atoms with E-state index in [1.54, 1.807) is 0 Å². The van der Waals surface area contributed by atoms with Gasteiger partial charge < -0.3 is 9.84 Å². The molecule has 2 unspecified atom stereocenters. The van der Waals surface area contributed by atoms with Gasteiger partial charge in [-0.25, -0.2) is 0 Å². The molecule has 0 aromatic carbocycles. The lowest BCUT2D eigenvalue weighted by molar-refractivity contribution is -0.163. The van der Waals surface area contributed by atoms with E-state index in [2.05, 4.69) is 27.7 Å². The van der Waals surface area contributed by atoms with Crippen LogP contribution in [0.15, 0.2) is 0 Å². The van der Waals surface area contributed by atoms with Crippen molar-refractivity contribution in [3.05, 3.63) is 0 Å². The van der Waals surface area contributed by atoms with Crippen LogP contribution in [0, 0.1) is 17.3 Å². The fourth-order valence-electron chi connectivity index (χ4n) is 6.57. The van der Waals surface area contributed by atoms with Crippen molar-refractivity contribution in [1.82, 2.24) is 0 Å². The van der Waals surface area contributed by atoms with Gasteiger partial charge in [-0.15, -0.1) is 0 Å². The molecule has 0 bridgehead atoms. The van der Waals surface area contributed by atoms with Crippen LogP contribution in [0.4, 0.5) is 0 Å². The maximum Gasteiger partial charge on any atom is 0.312 e. The summed E-state index contributed by atoms with van der Waals surface area (Å²) in [6.45, 7) is 13.2. The number of carboxylic acid groups (broad SMARTS) is 1. The zero-order valence-electron chi connectivity index (χ0n) is 28.6. The number of carbonyl (C=O) groups excluding carboxylic acids is 1. The fraction of sp³-hybridized carbons (Fsp3) is 0.946. The second-order valence-electron chi connectivity index (χ2n) is 13.5. The van der Waals surface area contributed by atoms with E-state index in [4.69, 9.17) is 9.84 Å². The number of hydrogen-bond acceptors (Lipinski definition) is 3. The molecule has 244 valence electrons. The number of carbonyl (C=O) groups is 2. The molecule has 0 aliphatic rings. The first-order valence-electron chi connectivity index (χ1n) is 18.2. The average molecular weight is 581 g/mol. The van der Waals surface area contributed by atoms with Crippen molar-refractivity contribution < 1.29 is 19.4 Å². The SMILES string of the molecule is CCCCC(CC)CC(CCCCCCCCCCCCCCCC(=O)O)(CC(CC)CCCC)C(=O)OC(C)C. The molecule has 4 nitrogen and oxygen atoms in total. The average Bonchev–Trinajstić information content (AvgIpc) is 2.94. The maximum atomic E-state index is 13.9. The summed E-state index contributed by atoms with van der Waals surface area (Å²) in [6.07, 6.45) is 28.9. The fourth-order valence-corrected chi connectivity index (χ4v) is 6.57. The van der Waals surface area contributed by atoms with Crippen LogP contribution in [0.3, 0.4) is 0 Å². The molecule has 2 atom stereocenters. The summed E-state index contributed by atoms with van der Waals surface area (Å²) in [5.74, 6) is 0.656. The third-order valence-electron chi connectivity index (χ3n) is 9.27. The molecular formula is C37H72O4. The van der Waals surface area contributed by atoms with Gasteiger partial charge in [0.2, 0.25) is 0 Å². The summed E-state index contributed by atoms with van der Waals surface area (Å²) < 4.78 is 6.03. The first-order chi connectivity index (χ1) is 19.7. The Morgan fingerprint density at radius 3 is 1.34 bits per heavy atom. The molecule has 0 saturated heterocycles. The van der Waals surface area contributed by atoms with E-state index < -0.39 is 5.97 Å². The molecule has 4 heteroatoms. The maximum absolute atomic E-state index is 13.9. The van der Waals surface area contributed by atoms with Crippen LogP contribution in [0.25, 0.3) is 0 Å². The van der Waals surface area contributed by atoms with Crippen LogP contribution < -0.4 is 0 Å². The molecule has 0 aromatic heterocycles. The highest BCUT2D eigenvalue weighted by Crippen LogP contribution is 2.44. The molecule has 1 N–H and O–H groups in total. The Bertz CT molecular complexity index is 596. The number of unbranched alkanes of at least 4 members (excludes halogenated alkanes) is 14. The predicted octanol–water partition coefficient (Wildman–Crippen LogP) is 12.1. The number of esters is 1. The zero-order chi connectivity index (χ0) is 30.8. The van der Waals surface area contributed by atoms with Crippen LogP contribution in [-0.2, 0) is 14.3 Å². The largest absolute Gasteiger partial charge is 0.481 e. The third kappa shape index (κ3) is 21.3. The smallest absolute Gasteiger partial charge is 0.312 e. The summed E-state index contributed by atoms with van der Waals surface area (Å²) in [5.41, 5.74) is -0.319. The Morgan fingerprint density at radius 2 is 1.00 bits per heavy atom. The number of hydrogen-bond donors (Lipinski definition) is 1. The predicted molar refractivity (Wildman–Crippen MR) is 176 cm³/mol. The molecule has 41 heavy (non-hydrogen) atoms. The Labute approximate surface area is 256 Å². The topological polar surface area (TPSA) is 63.6 Å². The third-order valence-corrected chi connectivity index (χ3v) is 9.27. The number of rotatable bonds is 30. The summed E-state index contributed by atoms with van der Waals surface area (Å²) in [5, 5.41) is 8.70. The summed E-state index contributed by atoms with van der Waals surface area (Å²) in [6, 6.07) is 0. The van der Waals surface area contributed by atoms with Crippen molar-refractivity contribution in [2.45, 2.75) is 208 Å². The molecule has 0 radical (unpaired) electrons. The van der Waals surface area contributed by atoms with Crippen molar-refractivity contribution >= 4 is 11.9 Å². The van der Waals surface area contributed by atoms with Crippen LogP contribution in [0.2, 0.25) is 0 Å². The minimum Gasteiger partial charge on any atom is -0.481 e. The molecule has 0 fully saturated rings. The molecule has 0 saturated carbocycles. The van der Waals surface area contributed by atoms with Gasteiger partial charge in [0, 0.05) is 6.42 Å². The van der Waals surface area contributed by atoms with Gasteiger partial charge in [-0.2, -0.15) is 0 Å². The van der Waals surface area contributed by atoms with Gasteiger partial charge in [-0.05, 0) is 51.4 Å². The zero-order valence-corrected chi connectivity index (χ0v) is 28.6. The lowest BCUT2D eigenvalue weighted by Crippen LogP contribution is -2.38. The monoisotopic (exact) mass is 581 g/mol. The second-order valence-corrected chi connectivity index (χ2v) is 13.5. The van der Waals surface area contributed by atoms with E-state index in [9.17, 15) is 9.59 Å². The van der Waals surface area contributed by atoms with Gasteiger partial charge in [0.15, 0.2) is 0 Å². The van der Waals surface area contributed by atoms with Gasteiger partial charge in [0.25, 0.3) is 0 Å². The molecule has 0 aliphatic heterocycles. The molecule has 0 rings (SSSR count). The van der Waals surface area contributed by atoms with E-state index >= 15 is 0 Å². The number of ether oxygens (including phenoxy) is 1. The highest BCUT2D eigenvalue weighted by atomic mass is 16.5. The Kier molecular flexibility index (Phi) is 25.9. The van der Waals surface area contributed by atoms with Gasteiger partial charge in [0.1, 0.15) is 0 Å². The van der Waals surface area contributed by atoms with E-state index in [0.29, 0.717) is 18.3 Å². The van der Waals surface area contributed by atoms with Crippen molar-refractivity contribution in [2.24, 2.45) is 17.3 Å². The first kappa shape index (κ1) is 39.9. The van der Waals surface area contributed by atoms with E-state index in [1.165, 1.54) is 103 Å². The van der Waals surface area contributed by atoms with Crippen LogP contribution in [-0.4, -0.2) is 23.1 Å². The molecule has 0 spiro atoms. The van der Waals surface area contributed by atoms with E-state index in [-0.39, 0.29) is 17.5 Å². The second kappa shape index (κ2) is 26.6. The first-order valence-corrected chi connectivity index (χ1v) is 18.2. The van der Waals surface area contributed by atoms with Crippen molar-refractivity contribution in [3.63, 3.8) is 0 Å². The van der Waals surface area contributed by atoms with Crippen molar-refractivity contribution in [2.75, 3.05) is 0 Å². The highest BCUT2D eigenvalue weighted by molar-refractivity contribution is 5.77. The van der Waals surface area contributed by atoms with Gasteiger partial charge >= 0.3 is 11.9 Å². The van der Waals surface area contributed by atoms with Gasteiger partial charge in [-0.3, -0.25) is 9.59 Å². The van der Waals surface area contributed by atoms with Gasteiger partial charge in [0.05, 0.1) is 11.5 Å². The minimum absolute atomic E-state index is 0.0507. The lowest BCUT2D eigenvalue weighted by atomic mass is 9.67. The molecule has 0 heterocycles. The van der Waals surface area contributed by atoms with Crippen LogP contribution in [0.5, 0.6) is 0 Å². The minimum atomic E-state index is -0.668. The molecule has 0 amide bonds. The van der Waals surface area contributed by atoms with E-state index in [1.807, 2.05) is 13.8 Å². The number of aliphatic carboxylic acids is 1. The number of carboxylic acids is 1. The molecule has 0 aromatic rings. The Hall–Kier alpha value is -1.06. The van der Waals surface area contributed by atoms with Crippen LogP contribution in [0.1, 0.15) is 202 Å². The van der Waals surface area contributed by atoms with Gasteiger partial charge in [-0.1, -0.05) is 156 Å². The molecular weight excluding hydrogens is 508 g/mol. The Morgan fingerprint density at radius 1 is 0.610 bits per heavy atom. The normalized spacial score (nSPS) is 14.6. The van der Waals surface area contributed by atoms with Crippen molar-refractivity contribution in [3.8, 4) is 0 Å². The Balaban J connectivity index is 4.82. The quantitative estimate of drug-likeness (QED) is 0.0678. The molecule has 0 aliphatic carbocycles.